The highest BCUT2D eigenvalue weighted by atomic mass is 79.9. The van der Waals surface area contributed by atoms with E-state index in [-0.39, 0.29) is 35.1 Å². The largest absolute Gasteiger partial charge is 0.492 e. The summed E-state index contributed by atoms with van der Waals surface area (Å²) in [6.07, 6.45) is 0. The Kier molecular flexibility index (Phi) is 5.69. The number of nitrogens with two attached hydrogens (primary N) is 1. The number of carbonyl (C=O) groups excluding carboxylic acids is 1. The number of allylic oxidation sites excluding steroid dienone is 2. The number of nitriles is 1. The van der Waals surface area contributed by atoms with Crippen LogP contribution in [0.25, 0.3) is 0 Å². The number of hydrogen-bond donors (Lipinski definition) is 1. The third-order valence-electron chi connectivity index (χ3n) is 3.66. The first-order chi connectivity index (χ1) is 11.8. The van der Waals surface area contributed by atoms with Gasteiger partial charge in [-0.15, -0.1) is 0 Å². The predicted octanol–water partition coefficient (Wildman–Crippen LogP) is 3.24. The van der Waals surface area contributed by atoms with Crippen LogP contribution in [0.15, 0.2) is 39.4 Å². The summed E-state index contributed by atoms with van der Waals surface area (Å²) in [7, 11) is 1.34. The van der Waals surface area contributed by atoms with Gasteiger partial charge in [-0.2, -0.15) is 5.26 Å². The number of ether oxygens (including phenoxy) is 3. The van der Waals surface area contributed by atoms with E-state index in [1.807, 2.05) is 6.07 Å². The van der Waals surface area contributed by atoms with Crippen LogP contribution in [0.5, 0.6) is 5.75 Å². The Labute approximate surface area is 152 Å². The van der Waals surface area contributed by atoms with E-state index in [1.165, 1.54) is 20.1 Å². The number of carbonyl (C=O) groups is 1. The van der Waals surface area contributed by atoms with Crippen LogP contribution in [0.4, 0.5) is 4.39 Å². The first-order valence-corrected chi connectivity index (χ1v) is 8.13. The summed E-state index contributed by atoms with van der Waals surface area (Å²) in [4.78, 5) is 12.4. The highest BCUT2D eigenvalue weighted by Gasteiger charge is 2.37. The van der Waals surface area contributed by atoms with E-state index in [9.17, 15) is 14.4 Å². The Balaban J connectivity index is 2.69. The fourth-order valence-corrected chi connectivity index (χ4v) is 3.24. The zero-order chi connectivity index (χ0) is 18.7. The molecule has 0 saturated carbocycles. The molecule has 6 nitrogen and oxygen atoms in total. The first-order valence-electron chi connectivity index (χ1n) is 7.34. The molecule has 0 bridgehead atoms. The smallest absolute Gasteiger partial charge is 0.338 e. The van der Waals surface area contributed by atoms with Crippen molar-refractivity contribution < 1.29 is 23.4 Å². The Hall–Kier alpha value is -2.53. The summed E-state index contributed by atoms with van der Waals surface area (Å²) < 4.78 is 30.0. The SMILES string of the molecule is CCOC(=O)C1=C(C)OC(N)=C(C#N)C1c1cc(F)c(OC)c(Br)c1. The molecule has 1 aliphatic heterocycles. The van der Waals surface area contributed by atoms with Gasteiger partial charge in [-0.1, -0.05) is 0 Å². The molecule has 0 aliphatic carbocycles. The van der Waals surface area contributed by atoms with Crippen molar-refractivity contribution in [2.45, 2.75) is 19.8 Å². The molecule has 132 valence electrons. The third-order valence-corrected chi connectivity index (χ3v) is 4.25. The lowest BCUT2D eigenvalue weighted by Crippen LogP contribution is -2.25. The summed E-state index contributed by atoms with van der Waals surface area (Å²) in [5, 5.41) is 9.48. The number of hydrogen-bond acceptors (Lipinski definition) is 6. The standard InChI is InChI=1S/C17H16BrFN2O4/c1-4-24-17(22)13-8(2)25-16(21)10(7-20)14(13)9-5-11(18)15(23-3)12(19)6-9/h5-6,14H,4,21H2,1-3H3. The highest BCUT2D eigenvalue weighted by molar-refractivity contribution is 9.10. The molecular formula is C17H16BrFN2O4. The maximum absolute atomic E-state index is 14.3. The van der Waals surface area contributed by atoms with Crippen LogP contribution in [0.3, 0.4) is 0 Å². The number of methoxy groups -OCH3 is 1. The van der Waals surface area contributed by atoms with E-state index in [4.69, 9.17) is 19.9 Å². The number of rotatable bonds is 4. The van der Waals surface area contributed by atoms with E-state index >= 15 is 0 Å². The van der Waals surface area contributed by atoms with Crippen molar-refractivity contribution in [3.05, 3.63) is 50.8 Å². The van der Waals surface area contributed by atoms with E-state index in [0.717, 1.165) is 0 Å². The van der Waals surface area contributed by atoms with Gasteiger partial charge >= 0.3 is 5.97 Å². The molecular weight excluding hydrogens is 395 g/mol. The fraction of sp³-hybridized carbons (Fsp3) is 0.294. The van der Waals surface area contributed by atoms with Gasteiger partial charge in [0.1, 0.15) is 17.4 Å². The average molecular weight is 411 g/mol. The molecule has 0 spiro atoms. The minimum atomic E-state index is -0.908. The molecule has 0 fully saturated rings. The highest BCUT2D eigenvalue weighted by Crippen LogP contribution is 2.42. The summed E-state index contributed by atoms with van der Waals surface area (Å²) in [5.41, 5.74) is 6.24. The van der Waals surface area contributed by atoms with Crippen molar-refractivity contribution in [1.29, 1.82) is 5.26 Å². The van der Waals surface area contributed by atoms with Crippen LogP contribution in [0, 0.1) is 17.1 Å². The molecule has 2 rings (SSSR count). The van der Waals surface area contributed by atoms with Crippen LogP contribution >= 0.6 is 15.9 Å². The zero-order valence-electron chi connectivity index (χ0n) is 13.9. The van der Waals surface area contributed by atoms with Gasteiger partial charge in [0.25, 0.3) is 0 Å². The molecule has 1 atom stereocenters. The third kappa shape index (κ3) is 3.46. The lowest BCUT2D eigenvalue weighted by Gasteiger charge is -2.27. The van der Waals surface area contributed by atoms with Crippen LogP contribution in [0.2, 0.25) is 0 Å². The van der Waals surface area contributed by atoms with E-state index < -0.39 is 17.7 Å². The summed E-state index contributed by atoms with van der Waals surface area (Å²) in [5.74, 6) is -2.12. The molecule has 1 heterocycles. The van der Waals surface area contributed by atoms with Gasteiger partial charge in [-0.3, -0.25) is 0 Å². The number of nitrogens with zero attached hydrogens (tertiary/aromatic N) is 1. The van der Waals surface area contributed by atoms with Gasteiger partial charge in [0.05, 0.1) is 29.7 Å². The Bertz CT molecular complexity index is 803. The molecule has 0 saturated heterocycles. The molecule has 1 aromatic carbocycles. The molecule has 1 unspecified atom stereocenters. The van der Waals surface area contributed by atoms with Crippen molar-refractivity contribution in [2.24, 2.45) is 5.73 Å². The Morgan fingerprint density at radius 2 is 2.20 bits per heavy atom. The van der Waals surface area contributed by atoms with Crippen LogP contribution in [-0.2, 0) is 14.3 Å². The van der Waals surface area contributed by atoms with Crippen molar-refractivity contribution in [2.75, 3.05) is 13.7 Å². The molecule has 8 heteroatoms. The number of esters is 1. The van der Waals surface area contributed by atoms with Crippen LogP contribution < -0.4 is 10.5 Å². The van der Waals surface area contributed by atoms with E-state index in [0.29, 0.717) is 10.0 Å². The van der Waals surface area contributed by atoms with Crippen molar-refractivity contribution >= 4 is 21.9 Å². The molecule has 0 radical (unpaired) electrons. The topological polar surface area (TPSA) is 94.6 Å². The molecule has 1 aliphatic rings. The van der Waals surface area contributed by atoms with Crippen molar-refractivity contribution in [1.82, 2.24) is 0 Å². The second kappa shape index (κ2) is 7.57. The van der Waals surface area contributed by atoms with Gasteiger partial charge in [-0.05, 0) is 47.5 Å². The van der Waals surface area contributed by atoms with Crippen molar-refractivity contribution in [3.8, 4) is 11.8 Å². The molecule has 0 aromatic heterocycles. The first kappa shape index (κ1) is 18.8. The van der Waals surface area contributed by atoms with Crippen LogP contribution in [-0.4, -0.2) is 19.7 Å². The maximum atomic E-state index is 14.3. The zero-order valence-corrected chi connectivity index (χ0v) is 15.4. The normalized spacial score (nSPS) is 17.0. The fourth-order valence-electron chi connectivity index (χ4n) is 2.63. The Morgan fingerprint density at radius 1 is 1.52 bits per heavy atom. The number of halogens is 2. The molecule has 1 aromatic rings. The van der Waals surface area contributed by atoms with Gasteiger partial charge in [0.15, 0.2) is 11.6 Å². The molecule has 25 heavy (non-hydrogen) atoms. The van der Waals surface area contributed by atoms with Gasteiger partial charge < -0.3 is 19.9 Å². The monoisotopic (exact) mass is 410 g/mol. The lowest BCUT2D eigenvalue weighted by molar-refractivity contribution is -0.139. The maximum Gasteiger partial charge on any atom is 0.338 e. The minimum absolute atomic E-state index is 0.00474. The van der Waals surface area contributed by atoms with E-state index in [2.05, 4.69) is 15.9 Å². The summed E-state index contributed by atoms with van der Waals surface area (Å²) in [6.45, 7) is 3.34. The average Bonchev–Trinajstić information content (AvgIpc) is 2.53. The van der Waals surface area contributed by atoms with Gasteiger partial charge in [-0.25, -0.2) is 9.18 Å². The van der Waals surface area contributed by atoms with E-state index in [1.54, 1.807) is 13.0 Å². The van der Waals surface area contributed by atoms with Crippen molar-refractivity contribution in [3.63, 3.8) is 0 Å². The predicted molar refractivity (Wildman–Crippen MR) is 90.6 cm³/mol. The molecule has 0 amide bonds. The van der Waals surface area contributed by atoms with Gasteiger partial charge in [0.2, 0.25) is 5.88 Å². The minimum Gasteiger partial charge on any atom is -0.492 e. The summed E-state index contributed by atoms with van der Waals surface area (Å²) >= 11 is 3.23. The summed E-state index contributed by atoms with van der Waals surface area (Å²) in [6, 6.07) is 4.69. The second-order valence-electron chi connectivity index (χ2n) is 5.13. The molecule has 2 N–H and O–H groups in total. The van der Waals surface area contributed by atoms with Crippen LogP contribution in [0.1, 0.15) is 25.3 Å². The lowest BCUT2D eigenvalue weighted by atomic mass is 9.83. The Morgan fingerprint density at radius 3 is 2.72 bits per heavy atom. The second-order valence-corrected chi connectivity index (χ2v) is 5.99. The number of benzene rings is 1. The quantitative estimate of drug-likeness (QED) is 0.765. The van der Waals surface area contributed by atoms with Gasteiger partial charge in [0, 0.05) is 0 Å².